The first-order chi connectivity index (χ1) is 15.6. The minimum Gasteiger partial charge on any atom is -0.323 e. The Balaban J connectivity index is 1.81. The molecule has 2 aliphatic heterocycles. The Morgan fingerprint density at radius 2 is 1.73 bits per heavy atom. The van der Waals surface area contributed by atoms with Gasteiger partial charge in [0.05, 0.1) is 22.7 Å². The van der Waals surface area contributed by atoms with E-state index >= 15 is 0 Å². The van der Waals surface area contributed by atoms with E-state index in [1.54, 1.807) is 44.3 Å². The van der Waals surface area contributed by atoms with Gasteiger partial charge in [0.25, 0.3) is 11.5 Å². The molecule has 3 aromatic rings. The molecule has 5 rings (SSSR count). The zero-order chi connectivity index (χ0) is 23.7. The lowest BCUT2D eigenvalue weighted by Crippen LogP contribution is -2.49. The molecule has 3 heterocycles. The number of hydrogen-bond acceptors (Lipinski definition) is 4. The van der Waals surface area contributed by atoms with Gasteiger partial charge in [0.1, 0.15) is 5.69 Å². The number of carbonyl (C=O) groups excluding carboxylic acids is 2. The molecule has 1 aromatic heterocycles. The number of thioether (sulfide) groups is 1. The molecule has 7 nitrogen and oxygen atoms in total. The third-order valence-corrected chi connectivity index (χ3v) is 7.36. The molecule has 11 heteroatoms. The van der Waals surface area contributed by atoms with Gasteiger partial charge >= 0.3 is 6.18 Å². The summed E-state index contributed by atoms with van der Waals surface area (Å²) in [7, 11) is 1.61. The van der Waals surface area contributed by atoms with E-state index in [1.807, 2.05) is 0 Å². The van der Waals surface area contributed by atoms with Crippen molar-refractivity contribution in [2.45, 2.75) is 18.0 Å². The standard InChI is InChI=1S/C22H17F3N4O3S/c1-12-18(19(31)29(27(12)2)13-7-4-3-5-8-13)28-16(30)11-33-21(28)17-14(22(23,24)25)9-6-10-15(17)26-20(21)32/h3-10H,11H2,1-2H3,(H,26,32). The van der Waals surface area contributed by atoms with Crippen molar-refractivity contribution in [1.29, 1.82) is 0 Å². The maximum atomic E-state index is 14.0. The molecule has 1 saturated heterocycles. The first-order valence-corrected chi connectivity index (χ1v) is 10.9. The molecule has 1 spiro atoms. The van der Waals surface area contributed by atoms with Crippen LogP contribution in [0.5, 0.6) is 0 Å². The summed E-state index contributed by atoms with van der Waals surface area (Å²) in [4.78, 5) is 38.8. The molecular formula is C22H17F3N4O3S. The molecule has 1 atom stereocenters. The van der Waals surface area contributed by atoms with Crippen molar-refractivity contribution >= 4 is 35.0 Å². The highest BCUT2D eigenvalue weighted by Gasteiger charge is 2.62. The molecule has 0 aliphatic carbocycles. The van der Waals surface area contributed by atoms with Gasteiger partial charge in [-0.3, -0.25) is 24.0 Å². The van der Waals surface area contributed by atoms with Crippen LogP contribution in [0, 0.1) is 6.92 Å². The number of alkyl halides is 3. The van der Waals surface area contributed by atoms with E-state index in [0.717, 1.165) is 22.7 Å². The first kappa shape index (κ1) is 21.4. The van der Waals surface area contributed by atoms with Crippen molar-refractivity contribution in [2.24, 2.45) is 7.05 Å². The van der Waals surface area contributed by atoms with E-state index in [9.17, 15) is 27.6 Å². The van der Waals surface area contributed by atoms with Crippen LogP contribution in [-0.4, -0.2) is 26.9 Å². The van der Waals surface area contributed by atoms with Crippen molar-refractivity contribution in [1.82, 2.24) is 9.36 Å². The summed E-state index contributed by atoms with van der Waals surface area (Å²) in [5, 5.41) is 2.49. The van der Waals surface area contributed by atoms with Gasteiger partial charge in [-0.2, -0.15) is 13.2 Å². The summed E-state index contributed by atoms with van der Waals surface area (Å²) in [6.45, 7) is 1.59. The molecule has 1 fully saturated rings. The SMILES string of the molecule is Cc1c(N2C(=O)CSC23C(=O)Nc2cccc(C(F)(F)F)c23)c(=O)n(-c2ccccc2)n1C. The quantitative estimate of drug-likeness (QED) is 0.618. The molecule has 1 N–H and O–H groups in total. The molecule has 0 saturated carbocycles. The van der Waals surface area contributed by atoms with Crippen LogP contribution >= 0.6 is 11.8 Å². The predicted octanol–water partition coefficient (Wildman–Crippen LogP) is 3.39. The monoisotopic (exact) mass is 474 g/mol. The molecule has 2 aromatic carbocycles. The predicted molar refractivity (Wildman–Crippen MR) is 117 cm³/mol. The van der Waals surface area contributed by atoms with Crippen LogP contribution in [-0.2, 0) is 27.7 Å². The Bertz CT molecular complexity index is 1380. The number of nitrogens with one attached hydrogen (secondary N) is 1. The Hall–Kier alpha value is -3.47. The van der Waals surface area contributed by atoms with Crippen molar-refractivity contribution in [2.75, 3.05) is 16.0 Å². The summed E-state index contributed by atoms with van der Waals surface area (Å²) in [6.07, 6.45) is -4.77. The van der Waals surface area contributed by atoms with Gasteiger partial charge in [-0.15, -0.1) is 11.8 Å². The number of rotatable bonds is 2. The third-order valence-electron chi connectivity index (χ3n) is 5.98. The molecule has 2 aliphatic rings. The average Bonchev–Trinajstić information content (AvgIpc) is 3.33. The van der Waals surface area contributed by atoms with E-state index in [1.165, 1.54) is 21.5 Å². The normalized spacial score (nSPS) is 20.0. The first-order valence-electron chi connectivity index (χ1n) is 9.92. The Kier molecular flexibility index (Phi) is 4.54. The maximum absolute atomic E-state index is 14.0. The zero-order valence-electron chi connectivity index (χ0n) is 17.4. The minimum absolute atomic E-state index is 0.0287. The van der Waals surface area contributed by atoms with Gasteiger partial charge in [-0.1, -0.05) is 24.3 Å². The summed E-state index contributed by atoms with van der Waals surface area (Å²) < 4.78 is 44.7. The number of amides is 2. The van der Waals surface area contributed by atoms with E-state index in [2.05, 4.69) is 5.32 Å². The average molecular weight is 474 g/mol. The lowest BCUT2D eigenvalue weighted by Gasteiger charge is -2.32. The van der Waals surface area contributed by atoms with E-state index in [4.69, 9.17) is 0 Å². The third kappa shape index (κ3) is 2.81. The molecule has 1 unspecified atom stereocenters. The van der Waals surface area contributed by atoms with Crippen LogP contribution in [0.25, 0.3) is 5.69 Å². The van der Waals surface area contributed by atoms with E-state index in [0.29, 0.717) is 11.4 Å². The van der Waals surface area contributed by atoms with E-state index in [-0.39, 0.29) is 22.7 Å². The number of fused-ring (bicyclic) bond motifs is 2. The van der Waals surface area contributed by atoms with Crippen molar-refractivity contribution < 1.29 is 22.8 Å². The van der Waals surface area contributed by atoms with Crippen molar-refractivity contribution in [3.63, 3.8) is 0 Å². The Morgan fingerprint density at radius 1 is 1.03 bits per heavy atom. The fourth-order valence-electron chi connectivity index (χ4n) is 4.49. The summed E-state index contributed by atoms with van der Waals surface area (Å²) >= 11 is 0.780. The molecule has 2 amide bonds. The fraction of sp³-hybridized carbons (Fsp3) is 0.227. The number of carbonyl (C=O) groups is 2. The van der Waals surface area contributed by atoms with E-state index < -0.39 is 34.0 Å². The van der Waals surface area contributed by atoms with Crippen molar-refractivity contribution in [3.8, 4) is 5.69 Å². The summed E-state index contributed by atoms with van der Waals surface area (Å²) in [6, 6.07) is 12.1. The second-order valence-corrected chi connectivity index (χ2v) is 8.92. The second-order valence-electron chi connectivity index (χ2n) is 7.75. The summed E-state index contributed by atoms with van der Waals surface area (Å²) in [5.74, 6) is -1.66. The summed E-state index contributed by atoms with van der Waals surface area (Å²) in [5.41, 5.74) is -1.29. The highest BCUT2D eigenvalue weighted by Crippen LogP contribution is 2.56. The van der Waals surface area contributed by atoms with Gasteiger partial charge in [-0.25, -0.2) is 4.68 Å². The topological polar surface area (TPSA) is 76.3 Å². The number of aromatic nitrogens is 2. The van der Waals surface area contributed by atoms with Crippen LogP contribution in [0.15, 0.2) is 53.3 Å². The zero-order valence-corrected chi connectivity index (χ0v) is 18.3. The molecule has 0 radical (unpaired) electrons. The largest absolute Gasteiger partial charge is 0.416 e. The van der Waals surface area contributed by atoms with Crippen molar-refractivity contribution in [3.05, 3.63) is 75.7 Å². The number of benzene rings is 2. The highest BCUT2D eigenvalue weighted by atomic mass is 32.2. The minimum atomic E-state index is -4.77. The van der Waals surface area contributed by atoms with Crippen LogP contribution in [0.1, 0.15) is 16.8 Å². The molecule has 170 valence electrons. The van der Waals surface area contributed by atoms with Gasteiger partial charge in [0, 0.05) is 18.3 Å². The Labute approximate surface area is 189 Å². The van der Waals surface area contributed by atoms with Crippen LogP contribution in [0.4, 0.5) is 24.5 Å². The van der Waals surface area contributed by atoms with Crippen LogP contribution < -0.4 is 15.8 Å². The number of hydrogen-bond donors (Lipinski definition) is 1. The highest BCUT2D eigenvalue weighted by molar-refractivity contribution is 8.02. The molecule has 0 bridgehead atoms. The lowest BCUT2D eigenvalue weighted by atomic mass is 9.98. The number of anilines is 2. The van der Waals surface area contributed by atoms with Crippen LogP contribution in [0.3, 0.4) is 0 Å². The fourth-order valence-corrected chi connectivity index (χ4v) is 5.82. The molecular weight excluding hydrogens is 457 g/mol. The van der Waals surface area contributed by atoms with Crippen LogP contribution in [0.2, 0.25) is 0 Å². The number of para-hydroxylation sites is 1. The lowest BCUT2D eigenvalue weighted by molar-refractivity contribution is -0.138. The Morgan fingerprint density at radius 3 is 2.39 bits per heavy atom. The van der Waals surface area contributed by atoms with Gasteiger partial charge in [0.15, 0.2) is 0 Å². The second kappa shape index (κ2) is 7.01. The van der Waals surface area contributed by atoms with Gasteiger partial charge < -0.3 is 5.32 Å². The molecule has 33 heavy (non-hydrogen) atoms. The van der Waals surface area contributed by atoms with Gasteiger partial charge in [0.2, 0.25) is 10.8 Å². The van der Waals surface area contributed by atoms with Gasteiger partial charge in [-0.05, 0) is 31.2 Å². The number of nitrogens with zero attached hydrogens (tertiary/aromatic N) is 3. The maximum Gasteiger partial charge on any atom is 0.416 e. The smallest absolute Gasteiger partial charge is 0.323 e. The number of halogens is 3.